The third-order valence-electron chi connectivity index (χ3n) is 2.79. The number of fused-ring (bicyclic) bond motifs is 1. The molecule has 1 aromatic carbocycles. The van der Waals surface area contributed by atoms with E-state index in [1.165, 1.54) is 0 Å². The van der Waals surface area contributed by atoms with Crippen LogP contribution in [0.1, 0.15) is 10.4 Å². The number of carbonyl (C=O) groups excluding carboxylic acids is 1. The monoisotopic (exact) mass is 334 g/mol. The minimum absolute atomic E-state index is 0.204. The normalized spacial score (nSPS) is 12.8. The van der Waals surface area contributed by atoms with Crippen molar-refractivity contribution < 1.29 is 14.3 Å². The maximum absolute atomic E-state index is 12.1. The number of carbonyl (C=O) groups is 1. The Labute approximate surface area is 124 Å². The van der Waals surface area contributed by atoms with Gasteiger partial charge >= 0.3 is 0 Å². The highest BCUT2D eigenvalue weighted by Gasteiger charge is 2.13. The molecule has 102 valence electrons. The summed E-state index contributed by atoms with van der Waals surface area (Å²) in [5, 5.41) is 2.81. The maximum atomic E-state index is 12.1. The quantitative estimate of drug-likeness (QED) is 0.858. The van der Waals surface area contributed by atoms with Gasteiger partial charge < -0.3 is 14.8 Å². The molecule has 0 aliphatic carbocycles. The summed E-state index contributed by atoms with van der Waals surface area (Å²) in [4.78, 5) is 16.1. The molecule has 0 unspecified atom stereocenters. The van der Waals surface area contributed by atoms with Crippen molar-refractivity contribution in [3.05, 3.63) is 46.7 Å². The number of nitrogens with zero attached hydrogens (tertiary/aromatic N) is 1. The van der Waals surface area contributed by atoms with Crippen LogP contribution in [-0.2, 0) is 0 Å². The van der Waals surface area contributed by atoms with Crippen LogP contribution in [0, 0.1) is 0 Å². The summed E-state index contributed by atoms with van der Waals surface area (Å²) in [5.41, 5.74) is 1.19. The van der Waals surface area contributed by atoms with E-state index in [0.717, 1.165) is 0 Å². The van der Waals surface area contributed by atoms with E-state index in [0.29, 0.717) is 40.6 Å². The molecular weight excluding hydrogens is 324 g/mol. The molecule has 2 heterocycles. The third-order valence-corrected chi connectivity index (χ3v) is 3.22. The molecule has 1 N–H and O–H groups in total. The Morgan fingerprint density at radius 2 is 1.95 bits per heavy atom. The van der Waals surface area contributed by atoms with Gasteiger partial charge in [0.05, 0.1) is 0 Å². The summed E-state index contributed by atoms with van der Waals surface area (Å²) in [6.45, 7) is 1.06. The number of hydrogen-bond donors (Lipinski definition) is 1. The summed E-state index contributed by atoms with van der Waals surface area (Å²) in [6, 6.07) is 8.63. The summed E-state index contributed by atoms with van der Waals surface area (Å²) in [5.74, 6) is 1.13. The lowest BCUT2D eigenvalue weighted by molar-refractivity contribution is 0.102. The smallest absolute Gasteiger partial charge is 0.255 e. The van der Waals surface area contributed by atoms with Gasteiger partial charge in [-0.25, -0.2) is 4.98 Å². The van der Waals surface area contributed by atoms with Gasteiger partial charge in [-0.1, -0.05) is 0 Å². The number of hydrogen-bond acceptors (Lipinski definition) is 4. The van der Waals surface area contributed by atoms with E-state index >= 15 is 0 Å². The summed E-state index contributed by atoms with van der Waals surface area (Å²) in [7, 11) is 0. The standard InChI is InChI=1S/C14H11BrN2O3/c15-13-7-9(3-4-16-13)14(18)17-10-1-2-11-12(8-10)20-6-5-19-11/h1-4,7-8H,5-6H2,(H,17,18). The van der Waals surface area contributed by atoms with Gasteiger partial charge in [-0.2, -0.15) is 0 Å². The van der Waals surface area contributed by atoms with E-state index in [4.69, 9.17) is 9.47 Å². The van der Waals surface area contributed by atoms with Gasteiger partial charge in [0.1, 0.15) is 17.8 Å². The van der Waals surface area contributed by atoms with Crippen molar-refractivity contribution in [2.45, 2.75) is 0 Å². The lowest BCUT2D eigenvalue weighted by Gasteiger charge is -2.19. The van der Waals surface area contributed by atoms with Gasteiger partial charge in [0.15, 0.2) is 11.5 Å². The fourth-order valence-corrected chi connectivity index (χ4v) is 2.23. The lowest BCUT2D eigenvalue weighted by atomic mass is 10.2. The predicted molar refractivity (Wildman–Crippen MR) is 77.3 cm³/mol. The molecule has 0 atom stereocenters. The molecule has 1 aliphatic rings. The van der Waals surface area contributed by atoms with E-state index in [2.05, 4.69) is 26.2 Å². The van der Waals surface area contributed by atoms with Gasteiger partial charge in [-0.15, -0.1) is 0 Å². The zero-order valence-corrected chi connectivity index (χ0v) is 12.0. The van der Waals surface area contributed by atoms with Crippen molar-refractivity contribution in [1.82, 2.24) is 4.98 Å². The Bertz CT molecular complexity index is 661. The molecule has 2 aromatic rings. The Kier molecular flexibility index (Phi) is 3.56. The molecule has 0 fully saturated rings. The number of aromatic nitrogens is 1. The molecule has 1 aromatic heterocycles. The highest BCUT2D eigenvalue weighted by atomic mass is 79.9. The number of ether oxygens (including phenoxy) is 2. The number of rotatable bonds is 2. The largest absolute Gasteiger partial charge is 0.486 e. The summed E-state index contributed by atoms with van der Waals surface area (Å²) in [6.07, 6.45) is 1.57. The van der Waals surface area contributed by atoms with Crippen LogP contribution in [0.4, 0.5) is 5.69 Å². The molecule has 0 spiro atoms. The average Bonchev–Trinajstić information content (AvgIpc) is 2.47. The van der Waals surface area contributed by atoms with Gasteiger partial charge in [0, 0.05) is 23.5 Å². The lowest BCUT2D eigenvalue weighted by Crippen LogP contribution is -2.16. The molecule has 1 aliphatic heterocycles. The summed E-state index contributed by atoms with van der Waals surface area (Å²) < 4.78 is 11.5. The first kappa shape index (κ1) is 12.9. The van der Waals surface area contributed by atoms with Crippen molar-refractivity contribution in [3.8, 4) is 11.5 Å². The van der Waals surface area contributed by atoms with Crippen molar-refractivity contribution in [1.29, 1.82) is 0 Å². The van der Waals surface area contributed by atoms with Crippen molar-refractivity contribution in [2.75, 3.05) is 18.5 Å². The van der Waals surface area contributed by atoms with E-state index < -0.39 is 0 Å². The highest BCUT2D eigenvalue weighted by Crippen LogP contribution is 2.32. The molecule has 0 saturated heterocycles. The number of benzene rings is 1. The maximum Gasteiger partial charge on any atom is 0.255 e. The van der Waals surface area contributed by atoms with Crippen LogP contribution in [0.2, 0.25) is 0 Å². The number of halogens is 1. The molecule has 3 rings (SSSR count). The first-order valence-corrected chi connectivity index (χ1v) is 6.84. The molecule has 0 radical (unpaired) electrons. The minimum atomic E-state index is -0.204. The topological polar surface area (TPSA) is 60.5 Å². The second-order valence-corrected chi connectivity index (χ2v) is 4.99. The highest BCUT2D eigenvalue weighted by molar-refractivity contribution is 9.10. The second-order valence-electron chi connectivity index (χ2n) is 4.18. The third kappa shape index (κ3) is 2.75. The van der Waals surface area contributed by atoms with Crippen molar-refractivity contribution in [2.24, 2.45) is 0 Å². The first-order chi connectivity index (χ1) is 9.72. The van der Waals surface area contributed by atoms with Crippen molar-refractivity contribution in [3.63, 3.8) is 0 Å². The fourth-order valence-electron chi connectivity index (χ4n) is 1.87. The van der Waals surface area contributed by atoms with E-state index in [1.807, 2.05) is 0 Å². The zero-order valence-electron chi connectivity index (χ0n) is 10.4. The molecule has 0 saturated carbocycles. The van der Waals surface area contributed by atoms with Crippen molar-refractivity contribution >= 4 is 27.5 Å². The number of amides is 1. The van der Waals surface area contributed by atoms with Gasteiger partial charge in [0.2, 0.25) is 0 Å². The molecule has 1 amide bonds. The van der Waals surface area contributed by atoms with E-state index in [-0.39, 0.29) is 5.91 Å². The molecular formula is C14H11BrN2O3. The van der Waals surface area contributed by atoms with Gasteiger partial charge in [-0.05, 0) is 40.2 Å². The van der Waals surface area contributed by atoms with E-state index in [9.17, 15) is 4.79 Å². The van der Waals surface area contributed by atoms with Gasteiger partial charge in [-0.3, -0.25) is 4.79 Å². The Hall–Kier alpha value is -2.08. The molecule has 6 heteroatoms. The van der Waals surface area contributed by atoms with Crippen LogP contribution in [0.5, 0.6) is 11.5 Å². The molecule has 20 heavy (non-hydrogen) atoms. The molecule has 5 nitrogen and oxygen atoms in total. The number of nitrogens with one attached hydrogen (secondary N) is 1. The SMILES string of the molecule is O=C(Nc1ccc2c(c1)OCCO2)c1ccnc(Br)c1. The van der Waals surface area contributed by atoms with Crippen LogP contribution >= 0.6 is 15.9 Å². The number of pyridine rings is 1. The minimum Gasteiger partial charge on any atom is -0.486 e. The van der Waals surface area contributed by atoms with Crippen LogP contribution in [0.25, 0.3) is 0 Å². The zero-order chi connectivity index (χ0) is 13.9. The second kappa shape index (κ2) is 5.50. The Balaban J connectivity index is 1.79. The van der Waals surface area contributed by atoms with Gasteiger partial charge in [0.25, 0.3) is 5.91 Å². The summed E-state index contributed by atoms with van der Waals surface area (Å²) >= 11 is 3.24. The molecule has 0 bridgehead atoms. The Morgan fingerprint density at radius 1 is 1.15 bits per heavy atom. The van der Waals surface area contributed by atoms with E-state index in [1.54, 1.807) is 36.5 Å². The fraction of sp³-hybridized carbons (Fsp3) is 0.143. The van der Waals surface area contributed by atoms with Crippen LogP contribution in [-0.4, -0.2) is 24.1 Å². The van der Waals surface area contributed by atoms with Crippen LogP contribution in [0.3, 0.4) is 0 Å². The predicted octanol–water partition coefficient (Wildman–Crippen LogP) is 2.87. The Morgan fingerprint density at radius 3 is 2.75 bits per heavy atom. The van der Waals surface area contributed by atoms with Crippen LogP contribution in [0.15, 0.2) is 41.1 Å². The number of anilines is 1. The average molecular weight is 335 g/mol. The first-order valence-electron chi connectivity index (χ1n) is 6.05. The van der Waals surface area contributed by atoms with Crippen LogP contribution < -0.4 is 14.8 Å².